The molecule has 0 saturated carbocycles. The van der Waals surface area contributed by atoms with E-state index in [4.69, 9.17) is 0 Å². The summed E-state index contributed by atoms with van der Waals surface area (Å²) < 4.78 is 2.63. The van der Waals surface area contributed by atoms with E-state index in [0.717, 1.165) is 17.1 Å². The molecular weight excluding hydrogens is 827 g/mol. The predicted molar refractivity (Wildman–Crippen MR) is 285 cm³/mol. The van der Waals surface area contributed by atoms with Crippen LogP contribution in [-0.2, 0) is 5.41 Å². The SMILES string of the molecule is c1ccc(C2(c3ccccc3)c3ccccc3-c3c(N(c4ccc(-c5cccc(-c6cccc7ccccc67)c5)cc4)c4ccc(-c5ccc6c(c5)sc5ccccc56)cc4)cccc32)cc1. The van der Waals surface area contributed by atoms with E-state index in [-0.39, 0.29) is 0 Å². The number of rotatable bonds is 8. The minimum absolute atomic E-state index is 0.510. The van der Waals surface area contributed by atoms with Crippen molar-refractivity contribution < 1.29 is 0 Å². The highest BCUT2D eigenvalue weighted by molar-refractivity contribution is 7.25. The molecule has 0 saturated heterocycles. The molecule has 0 aliphatic heterocycles. The second kappa shape index (κ2) is 16.0. The Morgan fingerprint density at radius 1 is 0.313 bits per heavy atom. The highest BCUT2D eigenvalue weighted by Gasteiger charge is 2.47. The first-order valence-corrected chi connectivity index (χ1v) is 23.9. The van der Waals surface area contributed by atoms with E-state index in [1.54, 1.807) is 0 Å². The van der Waals surface area contributed by atoms with E-state index >= 15 is 0 Å². The fourth-order valence-electron chi connectivity index (χ4n) is 10.9. The third-order valence-corrected chi connectivity index (χ3v) is 15.1. The molecule has 0 bridgehead atoms. The summed E-state index contributed by atoms with van der Waals surface area (Å²) in [5.41, 5.74) is 17.6. The Balaban J connectivity index is 0.972. The third-order valence-electron chi connectivity index (χ3n) is 14.0. The lowest BCUT2D eigenvalue weighted by Gasteiger charge is -2.34. The number of nitrogens with zero attached hydrogens (tertiary/aromatic N) is 1. The average Bonchev–Trinajstić information content (AvgIpc) is 3.93. The molecule has 0 atom stereocenters. The smallest absolute Gasteiger partial charge is 0.0714 e. The van der Waals surface area contributed by atoms with Crippen LogP contribution in [0.2, 0.25) is 0 Å². The van der Waals surface area contributed by atoms with Crippen molar-refractivity contribution in [3.05, 3.63) is 283 Å². The van der Waals surface area contributed by atoms with Gasteiger partial charge in [-0.05, 0) is 121 Å². The van der Waals surface area contributed by atoms with E-state index in [1.165, 1.54) is 97.7 Å². The van der Waals surface area contributed by atoms with Crippen LogP contribution in [0.3, 0.4) is 0 Å². The molecule has 11 aromatic carbocycles. The molecular formula is C65H43NS. The fourth-order valence-corrected chi connectivity index (χ4v) is 12.1. The zero-order valence-corrected chi connectivity index (χ0v) is 37.5. The van der Waals surface area contributed by atoms with Crippen molar-refractivity contribution in [1.29, 1.82) is 0 Å². The van der Waals surface area contributed by atoms with Gasteiger partial charge in [0.15, 0.2) is 0 Å². The van der Waals surface area contributed by atoms with Gasteiger partial charge >= 0.3 is 0 Å². The van der Waals surface area contributed by atoms with Crippen molar-refractivity contribution >= 4 is 59.3 Å². The number of hydrogen-bond acceptors (Lipinski definition) is 2. The topological polar surface area (TPSA) is 3.24 Å². The third kappa shape index (κ3) is 6.37. The maximum Gasteiger partial charge on any atom is 0.0714 e. The Bertz CT molecular complexity index is 3750. The highest BCUT2D eigenvalue weighted by Crippen LogP contribution is 2.59. The largest absolute Gasteiger partial charge is 0.310 e. The molecule has 13 rings (SSSR count). The quantitative estimate of drug-likeness (QED) is 0.147. The maximum atomic E-state index is 2.47. The molecule has 1 aliphatic carbocycles. The summed E-state index contributed by atoms with van der Waals surface area (Å²) in [7, 11) is 0. The van der Waals surface area contributed by atoms with Crippen molar-refractivity contribution in [2.24, 2.45) is 0 Å². The second-order valence-corrected chi connectivity index (χ2v) is 18.7. The van der Waals surface area contributed by atoms with Gasteiger partial charge in [-0.1, -0.05) is 212 Å². The lowest BCUT2D eigenvalue weighted by atomic mass is 9.68. The summed E-state index contributed by atoms with van der Waals surface area (Å²) in [6.45, 7) is 0. The molecule has 0 spiro atoms. The summed E-state index contributed by atoms with van der Waals surface area (Å²) in [4.78, 5) is 2.47. The number of fused-ring (bicyclic) bond motifs is 7. The Labute approximate surface area is 395 Å². The van der Waals surface area contributed by atoms with Gasteiger partial charge in [0.25, 0.3) is 0 Å². The number of thiophene rings is 1. The van der Waals surface area contributed by atoms with E-state index in [2.05, 4.69) is 266 Å². The summed E-state index contributed by atoms with van der Waals surface area (Å²) in [6, 6.07) is 96.3. The predicted octanol–water partition coefficient (Wildman–Crippen LogP) is 18.0. The molecule has 0 amide bonds. The monoisotopic (exact) mass is 869 g/mol. The van der Waals surface area contributed by atoms with Crippen LogP contribution in [0.4, 0.5) is 17.1 Å². The van der Waals surface area contributed by atoms with Crippen LogP contribution in [0.1, 0.15) is 22.3 Å². The summed E-state index contributed by atoms with van der Waals surface area (Å²) >= 11 is 1.87. The lowest BCUT2D eigenvalue weighted by Crippen LogP contribution is -2.28. The Morgan fingerprint density at radius 3 is 1.58 bits per heavy atom. The van der Waals surface area contributed by atoms with Gasteiger partial charge in [-0.3, -0.25) is 0 Å². The highest BCUT2D eigenvalue weighted by atomic mass is 32.1. The van der Waals surface area contributed by atoms with Crippen molar-refractivity contribution in [2.45, 2.75) is 5.41 Å². The van der Waals surface area contributed by atoms with Gasteiger partial charge in [0, 0.05) is 37.1 Å². The molecule has 0 N–H and O–H groups in total. The molecule has 0 unspecified atom stereocenters. The minimum atomic E-state index is -0.510. The van der Waals surface area contributed by atoms with Gasteiger partial charge in [0.1, 0.15) is 0 Å². The second-order valence-electron chi connectivity index (χ2n) is 17.6. The number of hydrogen-bond donors (Lipinski definition) is 0. The first-order chi connectivity index (χ1) is 33.2. The van der Waals surface area contributed by atoms with Crippen LogP contribution in [0.25, 0.3) is 75.5 Å². The molecule has 67 heavy (non-hydrogen) atoms. The molecule has 1 aromatic heterocycles. The summed E-state index contributed by atoms with van der Waals surface area (Å²) in [5, 5.41) is 5.15. The Hall–Kier alpha value is -8.30. The fraction of sp³-hybridized carbons (Fsp3) is 0.0154. The van der Waals surface area contributed by atoms with Crippen LogP contribution in [0.15, 0.2) is 261 Å². The van der Waals surface area contributed by atoms with Gasteiger partial charge in [-0.2, -0.15) is 0 Å². The van der Waals surface area contributed by atoms with Crippen LogP contribution in [0, 0.1) is 0 Å². The first-order valence-electron chi connectivity index (χ1n) is 23.1. The van der Waals surface area contributed by atoms with Crippen LogP contribution in [-0.4, -0.2) is 0 Å². The van der Waals surface area contributed by atoms with Crippen molar-refractivity contribution in [2.75, 3.05) is 4.90 Å². The maximum absolute atomic E-state index is 2.47. The van der Waals surface area contributed by atoms with Gasteiger partial charge in [0.2, 0.25) is 0 Å². The number of benzene rings is 11. The molecule has 0 radical (unpaired) electrons. The molecule has 0 fully saturated rings. The lowest BCUT2D eigenvalue weighted by molar-refractivity contribution is 0.768. The van der Waals surface area contributed by atoms with Crippen LogP contribution >= 0.6 is 11.3 Å². The van der Waals surface area contributed by atoms with Crippen LogP contribution in [0.5, 0.6) is 0 Å². The Kier molecular flexibility index (Phi) is 9.33. The summed E-state index contributed by atoms with van der Waals surface area (Å²) in [5.74, 6) is 0. The average molecular weight is 870 g/mol. The zero-order chi connectivity index (χ0) is 44.3. The number of anilines is 3. The zero-order valence-electron chi connectivity index (χ0n) is 36.7. The van der Waals surface area contributed by atoms with E-state index in [9.17, 15) is 0 Å². The van der Waals surface area contributed by atoms with E-state index in [1.807, 2.05) is 11.3 Å². The minimum Gasteiger partial charge on any atom is -0.310 e. The first kappa shape index (κ1) is 39.1. The van der Waals surface area contributed by atoms with Crippen molar-refractivity contribution in [3.8, 4) is 44.5 Å². The van der Waals surface area contributed by atoms with Gasteiger partial charge in [-0.25, -0.2) is 0 Å². The molecule has 1 nitrogen and oxygen atoms in total. The molecule has 1 heterocycles. The molecule has 2 heteroatoms. The molecule has 12 aromatic rings. The van der Waals surface area contributed by atoms with Crippen molar-refractivity contribution in [3.63, 3.8) is 0 Å². The van der Waals surface area contributed by atoms with Crippen LogP contribution < -0.4 is 4.90 Å². The van der Waals surface area contributed by atoms with Gasteiger partial charge < -0.3 is 4.90 Å². The van der Waals surface area contributed by atoms with E-state index in [0.29, 0.717) is 0 Å². The van der Waals surface area contributed by atoms with Crippen molar-refractivity contribution in [1.82, 2.24) is 0 Å². The molecule has 1 aliphatic rings. The summed E-state index contributed by atoms with van der Waals surface area (Å²) in [6.07, 6.45) is 0. The van der Waals surface area contributed by atoms with Gasteiger partial charge in [-0.15, -0.1) is 11.3 Å². The Morgan fingerprint density at radius 2 is 0.836 bits per heavy atom. The normalized spacial score (nSPS) is 12.6. The van der Waals surface area contributed by atoms with Gasteiger partial charge in [0.05, 0.1) is 11.1 Å². The standard InChI is InChI=1S/C65H43NS/c1-3-20-50(21-4-1)65(51-22-5-2-6-23-51)59-28-11-9-26-58(59)64-60(65)29-15-30-61(64)66(53-39-34-45(35-40-53)48-36-41-57-56-25-10-12-31-62(56)67-63(57)43-48)52-37-32-44(33-38-52)47-18-13-19-49(42-47)55-27-14-17-46-16-7-8-24-54(46)55/h1-43H. The molecule has 314 valence electrons. The van der Waals surface area contributed by atoms with E-state index < -0.39 is 5.41 Å².